The summed E-state index contributed by atoms with van der Waals surface area (Å²) in [5.74, 6) is -1.37. The van der Waals surface area contributed by atoms with Gasteiger partial charge in [0, 0.05) is 19.5 Å². The summed E-state index contributed by atoms with van der Waals surface area (Å²) in [5.41, 5.74) is 1.74. The fourth-order valence-corrected chi connectivity index (χ4v) is 3.93. The van der Waals surface area contributed by atoms with Gasteiger partial charge >= 0.3 is 12.1 Å². The van der Waals surface area contributed by atoms with Crippen LogP contribution in [-0.4, -0.2) is 58.0 Å². The van der Waals surface area contributed by atoms with E-state index >= 15 is 0 Å². The Hall–Kier alpha value is -3.35. The largest absolute Gasteiger partial charge is 0.480 e. The third kappa shape index (κ3) is 5.63. The first-order valence-corrected chi connectivity index (χ1v) is 10.6. The van der Waals surface area contributed by atoms with Crippen LogP contribution < -0.4 is 0 Å². The van der Waals surface area contributed by atoms with E-state index in [4.69, 9.17) is 4.74 Å². The predicted octanol–water partition coefficient (Wildman–Crippen LogP) is 3.33. The van der Waals surface area contributed by atoms with Gasteiger partial charge < -0.3 is 14.7 Å². The third-order valence-electron chi connectivity index (χ3n) is 5.53. The van der Waals surface area contributed by atoms with Crippen molar-refractivity contribution in [1.29, 1.82) is 0 Å². The summed E-state index contributed by atoms with van der Waals surface area (Å²) >= 11 is 0. The summed E-state index contributed by atoms with van der Waals surface area (Å²) in [4.78, 5) is 40.8. The number of hydrogen-bond acceptors (Lipinski definition) is 4. The van der Waals surface area contributed by atoms with Crippen molar-refractivity contribution >= 4 is 18.0 Å². The van der Waals surface area contributed by atoms with Crippen LogP contribution in [0.4, 0.5) is 4.79 Å². The number of carboxylic acids is 1. The fraction of sp³-hybridized carbons (Fsp3) is 0.375. The van der Waals surface area contributed by atoms with Gasteiger partial charge in [0.15, 0.2) is 0 Å². The summed E-state index contributed by atoms with van der Waals surface area (Å²) in [5, 5.41) is 9.52. The van der Waals surface area contributed by atoms with E-state index in [1.165, 1.54) is 9.80 Å². The first-order valence-electron chi connectivity index (χ1n) is 10.6. The zero-order valence-electron chi connectivity index (χ0n) is 17.6. The third-order valence-corrected chi connectivity index (χ3v) is 5.53. The number of hydrogen-bond donors (Lipinski definition) is 1. The molecule has 2 aromatic carbocycles. The van der Waals surface area contributed by atoms with E-state index in [9.17, 15) is 19.5 Å². The number of likely N-dealkylation sites (N-methyl/N-ethyl adjacent to an activating group) is 1. The number of carbonyl (C=O) groups is 3. The van der Waals surface area contributed by atoms with Crippen molar-refractivity contribution in [3.63, 3.8) is 0 Å². The first kappa shape index (κ1) is 22.3. The molecule has 1 aliphatic heterocycles. The Morgan fingerprint density at radius 1 is 1.06 bits per heavy atom. The number of carboxylic acid groups (broad SMARTS) is 1. The Kier molecular flexibility index (Phi) is 7.65. The van der Waals surface area contributed by atoms with E-state index in [0.29, 0.717) is 19.4 Å². The number of nitrogens with zero attached hydrogens (tertiary/aromatic N) is 2. The van der Waals surface area contributed by atoms with E-state index in [2.05, 4.69) is 0 Å². The van der Waals surface area contributed by atoms with E-state index in [1.54, 1.807) is 6.92 Å². The van der Waals surface area contributed by atoms with Gasteiger partial charge in [0.25, 0.3) is 0 Å². The molecule has 0 aliphatic carbocycles. The lowest BCUT2D eigenvalue weighted by molar-refractivity contribution is -0.150. The van der Waals surface area contributed by atoms with Crippen molar-refractivity contribution in [3.8, 4) is 0 Å². The molecule has 164 valence electrons. The van der Waals surface area contributed by atoms with Crippen molar-refractivity contribution < 1.29 is 24.2 Å². The summed E-state index contributed by atoms with van der Waals surface area (Å²) in [6, 6.07) is 17.0. The van der Waals surface area contributed by atoms with Crippen LogP contribution in [0.3, 0.4) is 0 Å². The Labute approximate surface area is 182 Å². The maximum Gasteiger partial charge on any atom is 0.410 e. The van der Waals surface area contributed by atoms with Gasteiger partial charge in [-0.3, -0.25) is 9.69 Å². The molecule has 0 bridgehead atoms. The van der Waals surface area contributed by atoms with Gasteiger partial charge in [0.05, 0.1) is 0 Å². The highest BCUT2D eigenvalue weighted by Crippen LogP contribution is 2.22. The predicted molar refractivity (Wildman–Crippen MR) is 115 cm³/mol. The Bertz CT molecular complexity index is 887. The lowest BCUT2D eigenvalue weighted by Gasteiger charge is -2.33. The van der Waals surface area contributed by atoms with Crippen molar-refractivity contribution in [2.75, 3.05) is 13.1 Å². The highest BCUT2D eigenvalue weighted by atomic mass is 16.6. The summed E-state index contributed by atoms with van der Waals surface area (Å²) in [6.45, 7) is 2.53. The van der Waals surface area contributed by atoms with Crippen LogP contribution in [0.15, 0.2) is 60.7 Å². The highest BCUT2D eigenvalue weighted by Gasteiger charge is 2.40. The molecule has 0 unspecified atom stereocenters. The van der Waals surface area contributed by atoms with Crippen molar-refractivity contribution in [2.24, 2.45) is 0 Å². The van der Waals surface area contributed by atoms with Crippen LogP contribution in [0.25, 0.3) is 0 Å². The van der Waals surface area contributed by atoms with Crippen molar-refractivity contribution in [2.45, 2.75) is 44.9 Å². The highest BCUT2D eigenvalue weighted by molar-refractivity contribution is 5.90. The average molecular weight is 424 g/mol. The number of ether oxygens (including phenoxy) is 1. The molecule has 2 aromatic rings. The second-order valence-corrected chi connectivity index (χ2v) is 7.56. The lowest BCUT2D eigenvalue weighted by atomic mass is 10.0. The monoisotopic (exact) mass is 424 g/mol. The molecule has 1 N–H and O–H groups in total. The minimum atomic E-state index is -1.01. The Morgan fingerprint density at radius 2 is 1.68 bits per heavy atom. The molecule has 3 rings (SSSR count). The van der Waals surface area contributed by atoms with Crippen LogP contribution in [0.1, 0.15) is 30.9 Å². The van der Waals surface area contributed by atoms with Crippen LogP contribution in [-0.2, 0) is 27.4 Å². The molecule has 1 fully saturated rings. The molecule has 0 spiro atoms. The molecule has 1 saturated heterocycles. The normalized spacial score (nSPS) is 16.5. The van der Waals surface area contributed by atoms with Crippen LogP contribution in [0, 0.1) is 0 Å². The van der Waals surface area contributed by atoms with Gasteiger partial charge in [-0.15, -0.1) is 0 Å². The Morgan fingerprint density at radius 3 is 2.26 bits per heavy atom. The van der Waals surface area contributed by atoms with E-state index in [0.717, 1.165) is 11.1 Å². The second kappa shape index (κ2) is 10.6. The zero-order valence-corrected chi connectivity index (χ0v) is 17.6. The smallest absolute Gasteiger partial charge is 0.410 e. The van der Waals surface area contributed by atoms with Crippen molar-refractivity contribution in [3.05, 3.63) is 71.8 Å². The summed E-state index contributed by atoms with van der Waals surface area (Å²) < 4.78 is 5.49. The van der Waals surface area contributed by atoms with Gasteiger partial charge in [-0.05, 0) is 30.9 Å². The summed E-state index contributed by atoms with van der Waals surface area (Å²) in [7, 11) is 0. The topological polar surface area (TPSA) is 87.2 Å². The van der Waals surface area contributed by atoms with E-state index in [1.807, 2.05) is 60.7 Å². The molecule has 31 heavy (non-hydrogen) atoms. The molecule has 0 aromatic heterocycles. The maximum absolute atomic E-state index is 13.5. The molecule has 7 heteroatoms. The molecule has 0 saturated carbocycles. The van der Waals surface area contributed by atoms with Gasteiger partial charge in [-0.1, -0.05) is 60.7 Å². The number of amides is 2. The number of benzene rings is 2. The van der Waals surface area contributed by atoms with Crippen molar-refractivity contribution in [1.82, 2.24) is 9.80 Å². The summed E-state index contributed by atoms with van der Waals surface area (Å²) in [6.07, 6.45) is 0.748. The van der Waals surface area contributed by atoms with Gasteiger partial charge in [0.1, 0.15) is 18.7 Å². The number of aliphatic carboxylic acids is 1. The Balaban J connectivity index is 1.81. The molecule has 7 nitrogen and oxygen atoms in total. The zero-order chi connectivity index (χ0) is 22.2. The standard InChI is InChI=1S/C24H28N2O5/c1-2-25(24(30)31-17-19-12-7-4-8-13-19)21(16-18-10-5-3-6-11-18)22(27)26-15-9-14-20(26)23(28)29/h3-8,10-13,20-21H,2,9,14-17H2,1H3,(H,28,29)/t20-,21+/m0/s1. The van der Waals surface area contributed by atoms with Gasteiger partial charge in [0.2, 0.25) is 5.91 Å². The SMILES string of the molecule is CCN(C(=O)OCc1ccccc1)[C@H](Cc1ccccc1)C(=O)N1CCC[C@H]1C(=O)O. The number of carbonyl (C=O) groups excluding carboxylic acids is 2. The molecule has 0 radical (unpaired) electrons. The van der Waals surface area contributed by atoms with Crippen LogP contribution >= 0.6 is 0 Å². The minimum Gasteiger partial charge on any atom is -0.480 e. The van der Waals surface area contributed by atoms with E-state index < -0.39 is 24.1 Å². The second-order valence-electron chi connectivity index (χ2n) is 7.56. The average Bonchev–Trinajstić information content (AvgIpc) is 3.29. The molecule has 2 atom stereocenters. The molecular weight excluding hydrogens is 396 g/mol. The number of rotatable bonds is 8. The van der Waals surface area contributed by atoms with E-state index in [-0.39, 0.29) is 25.5 Å². The first-order chi connectivity index (χ1) is 15.0. The quantitative estimate of drug-likeness (QED) is 0.702. The number of likely N-dealkylation sites (tertiary alicyclic amines) is 1. The van der Waals surface area contributed by atoms with Gasteiger partial charge in [-0.25, -0.2) is 9.59 Å². The van der Waals surface area contributed by atoms with Gasteiger partial charge in [-0.2, -0.15) is 0 Å². The molecule has 2 amide bonds. The molecule has 1 heterocycles. The van der Waals surface area contributed by atoms with Crippen LogP contribution in [0.5, 0.6) is 0 Å². The lowest BCUT2D eigenvalue weighted by Crippen LogP contribution is -2.54. The fourth-order valence-electron chi connectivity index (χ4n) is 3.93. The minimum absolute atomic E-state index is 0.101. The molecule has 1 aliphatic rings. The molecular formula is C24H28N2O5. The van der Waals surface area contributed by atoms with Crippen LogP contribution in [0.2, 0.25) is 0 Å². The maximum atomic E-state index is 13.5.